The van der Waals surface area contributed by atoms with Crippen LogP contribution in [0.1, 0.15) is 46.0 Å². The largest absolute Gasteiger partial charge is 0.481 e. The Kier molecular flexibility index (Phi) is 10.1. The van der Waals surface area contributed by atoms with Gasteiger partial charge >= 0.3 is 18.0 Å². The first-order valence-electron chi connectivity index (χ1n) is 6.91. The molecule has 7 nitrogen and oxygen atoms in total. The van der Waals surface area contributed by atoms with Gasteiger partial charge < -0.3 is 20.5 Å². The number of hydrogen-bond acceptors (Lipinski definition) is 4. The van der Waals surface area contributed by atoms with E-state index in [-0.39, 0.29) is 24.9 Å². The van der Waals surface area contributed by atoms with E-state index in [9.17, 15) is 14.4 Å². The third kappa shape index (κ3) is 10.2. The van der Waals surface area contributed by atoms with E-state index in [4.69, 9.17) is 9.84 Å². The summed E-state index contributed by atoms with van der Waals surface area (Å²) in [6, 6.07) is -0.781. The molecule has 0 saturated carbocycles. The quantitative estimate of drug-likeness (QED) is 0.415. The molecular weight excluding hydrogens is 264 g/mol. The van der Waals surface area contributed by atoms with Crippen LogP contribution in [0, 0.1) is 0 Å². The van der Waals surface area contributed by atoms with Crippen molar-refractivity contribution in [3.8, 4) is 0 Å². The number of rotatable bonds is 10. The first-order chi connectivity index (χ1) is 9.49. The van der Waals surface area contributed by atoms with Crippen molar-refractivity contribution >= 4 is 18.0 Å². The molecule has 0 heterocycles. The molecule has 3 N–H and O–H groups in total. The maximum atomic E-state index is 11.5. The topological polar surface area (TPSA) is 105 Å². The van der Waals surface area contributed by atoms with Crippen molar-refractivity contribution < 1.29 is 24.2 Å². The normalized spacial score (nSPS) is 11.5. The van der Waals surface area contributed by atoms with Crippen LogP contribution in [-0.4, -0.2) is 42.3 Å². The van der Waals surface area contributed by atoms with Crippen LogP contribution >= 0.6 is 0 Å². The summed E-state index contributed by atoms with van der Waals surface area (Å²) in [5, 5.41) is 13.9. The van der Waals surface area contributed by atoms with Gasteiger partial charge in [-0.25, -0.2) is 4.79 Å². The fourth-order valence-corrected chi connectivity index (χ4v) is 1.69. The lowest BCUT2D eigenvalue weighted by molar-refractivity contribution is -0.143. The summed E-state index contributed by atoms with van der Waals surface area (Å²) >= 11 is 0. The SMILES string of the molecule is CCCC(CC(=O)O)NC(=O)NCCCC(=O)OCC. The summed E-state index contributed by atoms with van der Waals surface area (Å²) in [6.45, 7) is 4.35. The number of carboxylic acids is 1. The van der Waals surface area contributed by atoms with Gasteiger partial charge in [0.2, 0.25) is 0 Å². The molecule has 116 valence electrons. The van der Waals surface area contributed by atoms with Crippen LogP contribution in [0.2, 0.25) is 0 Å². The Hall–Kier alpha value is -1.79. The van der Waals surface area contributed by atoms with E-state index in [1.807, 2.05) is 6.92 Å². The van der Waals surface area contributed by atoms with Gasteiger partial charge in [-0.2, -0.15) is 0 Å². The molecule has 0 aliphatic carbocycles. The minimum Gasteiger partial charge on any atom is -0.481 e. The van der Waals surface area contributed by atoms with E-state index in [1.165, 1.54) is 0 Å². The number of carbonyl (C=O) groups excluding carboxylic acids is 2. The highest BCUT2D eigenvalue weighted by Crippen LogP contribution is 2.01. The highest BCUT2D eigenvalue weighted by molar-refractivity contribution is 5.75. The van der Waals surface area contributed by atoms with Gasteiger partial charge in [0.1, 0.15) is 0 Å². The summed E-state index contributed by atoms with van der Waals surface area (Å²) in [4.78, 5) is 33.2. The molecule has 0 aromatic rings. The molecule has 1 atom stereocenters. The third-order valence-electron chi connectivity index (χ3n) is 2.54. The van der Waals surface area contributed by atoms with E-state index < -0.39 is 12.0 Å². The minimum absolute atomic E-state index is 0.0932. The smallest absolute Gasteiger partial charge is 0.315 e. The number of carboxylic acid groups (broad SMARTS) is 1. The fraction of sp³-hybridized carbons (Fsp3) is 0.769. The zero-order chi connectivity index (χ0) is 15.4. The predicted octanol–water partition coefficient (Wildman–Crippen LogP) is 1.27. The molecule has 7 heteroatoms. The van der Waals surface area contributed by atoms with Crippen LogP contribution < -0.4 is 10.6 Å². The molecule has 0 rings (SSSR count). The average molecular weight is 288 g/mol. The van der Waals surface area contributed by atoms with E-state index in [2.05, 4.69) is 10.6 Å². The summed E-state index contributed by atoms with van der Waals surface area (Å²) in [5.74, 6) is -1.23. The Labute approximate surface area is 119 Å². The molecule has 0 fully saturated rings. The van der Waals surface area contributed by atoms with E-state index in [0.717, 1.165) is 6.42 Å². The number of aliphatic carboxylic acids is 1. The lowest BCUT2D eigenvalue weighted by atomic mass is 10.1. The van der Waals surface area contributed by atoms with Crippen LogP contribution in [0.3, 0.4) is 0 Å². The van der Waals surface area contributed by atoms with Crippen LogP contribution in [0.15, 0.2) is 0 Å². The average Bonchev–Trinajstić information content (AvgIpc) is 2.34. The number of amides is 2. The molecule has 0 saturated heterocycles. The number of nitrogens with one attached hydrogen (secondary N) is 2. The Balaban J connectivity index is 3.84. The lowest BCUT2D eigenvalue weighted by Crippen LogP contribution is -2.43. The standard InChI is InChI=1S/C13H24N2O5/c1-3-6-10(9-11(16)17)15-13(19)14-8-5-7-12(18)20-4-2/h10H,3-9H2,1-2H3,(H,16,17)(H2,14,15,19). The molecule has 0 spiro atoms. The van der Waals surface area contributed by atoms with Crippen molar-refractivity contribution in [2.45, 2.75) is 52.0 Å². The monoisotopic (exact) mass is 288 g/mol. The van der Waals surface area contributed by atoms with Gasteiger partial charge in [0.15, 0.2) is 0 Å². The number of ether oxygens (including phenoxy) is 1. The third-order valence-corrected chi connectivity index (χ3v) is 2.54. The molecule has 0 radical (unpaired) electrons. The molecule has 0 aromatic carbocycles. The zero-order valence-electron chi connectivity index (χ0n) is 12.1. The zero-order valence-corrected chi connectivity index (χ0v) is 12.1. The van der Waals surface area contributed by atoms with Crippen molar-refractivity contribution in [1.82, 2.24) is 10.6 Å². The van der Waals surface area contributed by atoms with Crippen LogP contribution in [-0.2, 0) is 14.3 Å². The predicted molar refractivity (Wildman–Crippen MR) is 73.4 cm³/mol. The molecule has 0 aliphatic heterocycles. The Morgan fingerprint density at radius 3 is 2.50 bits per heavy atom. The van der Waals surface area contributed by atoms with Gasteiger partial charge in [0.05, 0.1) is 13.0 Å². The Bertz CT molecular complexity index is 320. The number of hydrogen-bond donors (Lipinski definition) is 3. The summed E-state index contributed by atoms with van der Waals surface area (Å²) in [6.07, 6.45) is 2.05. The first kappa shape index (κ1) is 18.2. The van der Waals surface area contributed by atoms with Gasteiger partial charge in [0, 0.05) is 19.0 Å². The highest BCUT2D eigenvalue weighted by Gasteiger charge is 2.14. The highest BCUT2D eigenvalue weighted by atomic mass is 16.5. The second kappa shape index (κ2) is 11.1. The van der Waals surface area contributed by atoms with Gasteiger partial charge in [-0.15, -0.1) is 0 Å². The Morgan fingerprint density at radius 1 is 1.25 bits per heavy atom. The van der Waals surface area contributed by atoms with E-state index in [1.54, 1.807) is 6.92 Å². The lowest BCUT2D eigenvalue weighted by Gasteiger charge is -2.16. The van der Waals surface area contributed by atoms with Crippen molar-refractivity contribution in [3.05, 3.63) is 0 Å². The van der Waals surface area contributed by atoms with Crippen LogP contribution in [0.5, 0.6) is 0 Å². The summed E-state index contributed by atoms with van der Waals surface area (Å²) in [5.41, 5.74) is 0. The van der Waals surface area contributed by atoms with Crippen molar-refractivity contribution in [2.75, 3.05) is 13.2 Å². The first-order valence-corrected chi connectivity index (χ1v) is 6.91. The van der Waals surface area contributed by atoms with Gasteiger partial charge in [-0.3, -0.25) is 9.59 Å². The van der Waals surface area contributed by atoms with Crippen LogP contribution in [0.4, 0.5) is 4.79 Å². The van der Waals surface area contributed by atoms with Crippen molar-refractivity contribution in [2.24, 2.45) is 0 Å². The summed E-state index contributed by atoms with van der Waals surface area (Å²) < 4.78 is 4.76. The maximum absolute atomic E-state index is 11.5. The van der Waals surface area contributed by atoms with E-state index in [0.29, 0.717) is 26.0 Å². The Morgan fingerprint density at radius 2 is 1.95 bits per heavy atom. The molecule has 0 aromatic heterocycles. The molecule has 20 heavy (non-hydrogen) atoms. The van der Waals surface area contributed by atoms with Gasteiger partial charge in [0.25, 0.3) is 0 Å². The molecule has 0 aliphatic rings. The van der Waals surface area contributed by atoms with Crippen molar-refractivity contribution in [3.63, 3.8) is 0 Å². The minimum atomic E-state index is -0.939. The molecule has 1 unspecified atom stereocenters. The second-order valence-corrected chi connectivity index (χ2v) is 4.39. The van der Waals surface area contributed by atoms with Crippen LogP contribution in [0.25, 0.3) is 0 Å². The summed E-state index contributed by atoms with van der Waals surface area (Å²) in [7, 11) is 0. The van der Waals surface area contributed by atoms with Gasteiger partial charge in [-0.1, -0.05) is 13.3 Å². The van der Waals surface area contributed by atoms with Crippen molar-refractivity contribution in [1.29, 1.82) is 0 Å². The van der Waals surface area contributed by atoms with Gasteiger partial charge in [-0.05, 0) is 19.8 Å². The maximum Gasteiger partial charge on any atom is 0.315 e. The number of carbonyl (C=O) groups is 3. The second-order valence-electron chi connectivity index (χ2n) is 4.39. The van der Waals surface area contributed by atoms with E-state index >= 15 is 0 Å². The molecule has 2 amide bonds. The number of esters is 1. The fourth-order valence-electron chi connectivity index (χ4n) is 1.69. The molecule has 0 bridgehead atoms. The molecular formula is C13H24N2O5. The number of urea groups is 1.